The van der Waals surface area contributed by atoms with Crippen LogP contribution in [-0.4, -0.2) is 41.0 Å². The molecule has 0 fully saturated rings. The average Bonchev–Trinajstić information content (AvgIpc) is 2.93. The maximum absolute atomic E-state index is 14.5. The summed E-state index contributed by atoms with van der Waals surface area (Å²) in [7, 11) is 0. The van der Waals surface area contributed by atoms with E-state index in [1.165, 1.54) is 0 Å². The quantitative estimate of drug-likeness (QED) is 0.241. The van der Waals surface area contributed by atoms with Crippen molar-refractivity contribution in [2.24, 2.45) is 5.92 Å². The van der Waals surface area contributed by atoms with Crippen molar-refractivity contribution in [2.45, 2.75) is 112 Å². The first-order chi connectivity index (χ1) is 19.4. The molecule has 0 aliphatic rings. The fourth-order valence-corrected chi connectivity index (χ4v) is 4.77. The summed E-state index contributed by atoms with van der Waals surface area (Å²) in [4.78, 5) is 43.1. The highest BCUT2D eigenvalue weighted by atomic mass is 16.6. The third-order valence-corrected chi connectivity index (χ3v) is 7.50. The van der Waals surface area contributed by atoms with E-state index < -0.39 is 23.8 Å². The van der Waals surface area contributed by atoms with Gasteiger partial charge in [-0.05, 0) is 69.2 Å². The van der Waals surface area contributed by atoms with Crippen LogP contribution in [0.1, 0.15) is 102 Å². The molecule has 3 amide bonds. The lowest BCUT2D eigenvalue weighted by Gasteiger charge is -2.37. The van der Waals surface area contributed by atoms with Gasteiger partial charge in [0.15, 0.2) is 0 Å². The van der Waals surface area contributed by atoms with Gasteiger partial charge in [-0.25, -0.2) is 4.79 Å². The molecular weight excluding hydrogens is 514 g/mol. The van der Waals surface area contributed by atoms with E-state index in [0.717, 1.165) is 47.9 Å². The second-order valence-electron chi connectivity index (χ2n) is 12.0. The zero-order chi connectivity index (χ0) is 30.6. The van der Waals surface area contributed by atoms with Crippen molar-refractivity contribution in [1.82, 2.24) is 15.5 Å². The fraction of sp³-hybridized carbons (Fsp3) is 0.559. The minimum atomic E-state index is -0.847. The van der Waals surface area contributed by atoms with Crippen LogP contribution in [-0.2, 0) is 20.9 Å². The number of carbonyl (C=O) groups is 3. The Labute approximate surface area is 247 Å². The van der Waals surface area contributed by atoms with E-state index in [1.54, 1.807) is 25.7 Å². The third-order valence-electron chi connectivity index (χ3n) is 7.50. The predicted molar refractivity (Wildman–Crippen MR) is 165 cm³/mol. The smallest absolute Gasteiger partial charge is 0.408 e. The minimum Gasteiger partial charge on any atom is -0.444 e. The van der Waals surface area contributed by atoms with Crippen molar-refractivity contribution in [3.8, 4) is 0 Å². The highest BCUT2D eigenvalue weighted by Crippen LogP contribution is 2.29. The number of carbonyl (C=O) groups excluding carboxylic acids is 3. The summed E-state index contributed by atoms with van der Waals surface area (Å²) in [5.41, 5.74) is 3.09. The summed E-state index contributed by atoms with van der Waals surface area (Å²) in [6.07, 6.45) is 3.83. The number of benzene rings is 2. The van der Waals surface area contributed by atoms with Crippen LogP contribution in [0.5, 0.6) is 0 Å². The molecule has 2 rings (SSSR count). The third kappa shape index (κ3) is 10.5. The summed E-state index contributed by atoms with van der Waals surface area (Å²) in [6, 6.07) is 13.9. The normalized spacial score (nSPS) is 13.6. The molecule has 3 unspecified atom stereocenters. The lowest BCUT2D eigenvalue weighted by Crippen LogP contribution is -2.55. The van der Waals surface area contributed by atoms with Crippen molar-refractivity contribution >= 4 is 17.9 Å². The molecule has 0 saturated heterocycles. The van der Waals surface area contributed by atoms with Crippen LogP contribution in [0, 0.1) is 19.8 Å². The number of rotatable bonds is 14. The van der Waals surface area contributed by atoms with Crippen molar-refractivity contribution in [1.29, 1.82) is 0 Å². The van der Waals surface area contributed by atoms with Gasteiger partial charge >= 0.3 is 6.09 Å². The molecule has 0 heterocycles. The second-order valence-corrected chi connectivity index (χ2v) is 12.0. The number of nitrogens with one attached hydrogen (secondary N) is 2. The molecule has 7 nitrogen and oxygen atoms in total. The first-order valence-corrected chi connectivity index (χ1v) is 15.1. The molecule has 2 N–H and O–H groups in total. The summed E-state index contributed by atoms with van der Waals surface area (Å²) >= 11 is 0. The molecule has 0 aromatic heterocycles. The van der Waals surface area contributed by atoms with Gasteiger partial charge in [-0.1, -0.05) is 95.0 Å². The Kier molecular flexibility index (Phi) is 13.4. The van der Waals surface area contributed by atoms with Gasteiger partial charge in [0.2, 0.25) is 11.8 Å². The van der Waals surface area contributed by atoms with E-state index in [-0.39, 0.29) is 17.7 Å². The first-order valence-electron chi connectivity index (χ1n) is 15.1. The van der Waals surface area contributed by atoms with Gasteiger partial charge in [-0.2, -0.15) is 0 Å². The van der Waals surface area contributed by atoms with Crippen LogP contribution in [0.2, 0.25) is 0 Å². The van der Waals surface area contributed by atoms with E-state index in [4.69, 9.17) is 4.74 Å². The van der Waals surface area contributed by atoms with Crippen LogP contribution in [0.25, 0.3) is 0 Å². The van der Waals surface area contributed by atoms with Crippen molar-refractivity contribution < 1.29 is 19.1 Å². The van der Waals surface area contributed by atoms with Crippen molar-refractivity contribution in [3.05, 3.63) is 70.8 Å². The molecule has 41 heavy (non-hydrogen) atoms. The van der Waals surface area contributed by atoms with Gasteiger partial charge in [-0.3, -0.25) is 9.59 Å². The van der Waals surface area contributed by atoms with Crippen LogP contribution in [0.4, 0.5) is 4.79 Å². The molecule has 7 heteroatoms. The van der Waals surface area contributed by atoms with Gasteiger partial charge < -0.3 is 20.3 Å². The molecule has 0 aliphatic carbocycles. The zero-order valence-corrected chi connectivity index (χ0v) is 26.4. The van der Waals surface area contributed by atoms with Crippen LogP contribution >= 0.6 is 0 Å². The number of hydrogen-bond donors (Lipinski definition) is 2. The van der Waals surface area contributed by atoms with E-state index in [9.17, 15) is 14.4 Å². The van der Waals surface area contributed by atoms with Crippen LogP contribution in [0.3, 0.4) is 0 Å². The Bertz CT molecular complexity index is 1130. The number of hydrogen-bond acceptors (Lipinski definition) is 4. The number of alkyl carbamates (subject to hydrolysis) is 1. The number of unbranched alkanes of at least 4 members (excludes halogenated alkanes) is 3. The minimum absolute atomic E-state index is 0.167. The predicted octanol–water partition coefficient (Wildman–Crippen LogP) is 7.01. The average molecular weight is 566 g/mol. The lowest BCUT2D eigenvalue weighted by molar-refractivity contribution is -0.143. The maximum Gasteiger partial charge on any atom is 0.408 e. The van der Waals surface area contributed by atoms with Gasteiger partial charge in [0.05, 0.1) is 0 Å². The Morgan fingerprint density at radius 1 is 0.927 bits per heavy atom. The molecule has 0 spiro atoms. The highest BCUT2D eigenvalue weighted by Gasteiger charge is 2.38. The first kappa shape index (κ1) is 33.9. The standard InChI is InChI=1S/C34H51N3O4/c1-9-11-12-16-22-37(32(39)29(24(3)10-2)36-33(40)41-34(6,7)8)30(28-21-17-18-25(4)26(28)5)31(38)35-23-27-19-14-13-15-20-27/h13-15,17-21,24,29-30H,9-12,16,22-23H2,1-8H3,(H,35,38)(H,36,40). The monoisotopic (exact) mass is 565 g/mol. The number of aryl methyl sites for hydroxylation is 1. The van der Waals surface area contributed by atoms with Gasteiger partial charge in [0.25, 0.3) is 0 Å². The van der Waals surface area contributed by atoms with E-state index in [2.05, 4.69) is 17.6 Å². The van der Waals surface area contributed by atoms with E-state index >= 15 is 0 Å². The van der Waals surface area contributed by atoms with Gasteiger partial charge in [0, 0.05) is 13.1 Å². The summed E-state index contributed by atoms with van der Waals surface area (Å²) in [6.45, 7) is 16.2. The SMILES string of the molecule is CCCCCCN(C(=O)C(NC(=O)OC(C)(C)C)C(C)CC)C(C(=O)NCc1ccccc1)c1cccc(C)c1C. The van der Waals surface area contributed by atoms with E-state index in [1.807, 2.05) is 76.2 Å². The molecule has 0 saturated carbocycles. The van der Waals surface area contributed by atoms with Crippen LogP contribution in [0.15, 0.2) is 48.5 Å². The molecule has 0 bridgehead atoms. The Hall–Kier alpha value is -3.35. The largest absolute Gasteiger partial charge is 0.444 e. The van der Waals surface area contributed by atoms with Crippen LogP contribution < -0.4 is 10.6 Å². The molecule has 226 valence electrons. The molecular formula is C34H51N3O4. The summed E-state index contributed by atoms with van der Waals surface area (Å²) in [5, 5.41) is 5.94. The molecule has 3 atom stereocenters. The Morgan fingerprint density at radius 2 is 1.61 bits per heavy atom. The highest BCUT2D eigenvalue weighted by molar-refractivity contribution is 5.92. The topological polar surface area (TPSA) is 87.7 Å². The fourth-order valence-electron chi connectivity index (χ4n) is 4.77. The number of ether oxygens (including phenoxy) is 1. The zero-order valence-electron chi connectivity index (χ0n) is 26.4. The maximum atomic E-state index is 14.5. The molecule has 2 aromatic carbocycles. The van der Waals surface area contributed by atoms with Gasteiger partial charge in [0.1, 0.15) is 17.7 Å². The van der Waals surface area contributed by atoms with Crippen molar-refractivity contribution in [3.63, 3.8) is 0 Å². The van der Waals surface area contributed by atoms with Gasteiger partial charge in [-0.15, -0.1) is 0 Å². The summed E-state index contributed by atoms with van der Waals surface area (Å²) < 4.78 is 5.52. The molecule has 0 radical (unpaired) electrons. The summed E-state index contributed by atoms with van der Waals surface area (Å²) in [5.74, 6) is -0.686. The number of amides is 3. The van der Waals surface area contributed by atoms with E-state index in [0.29, 0.717) is 19.5 Å². The van der Waals surface area contributed by atoms with Crippen molar-refractivity contribution in [2.75, 3.05) is 6.54 Å². The second kappa shape index (κ2) is 16.2. The Balaban J connectivity index is 2.55. The molecule has 2 aromatic rings. The Morgan fingerprint density at radius 3 is 2.22 bits per heavy atom. The number of nitrogens with zero attached hydrogens (tertiary/aromatic N) is 1. The molecule has 0 aliphatic heterocycles. The lowest BCUT2D eigenvalue weighted by atomic mass is 9.92.